The number of rotatable bonds is 4. The van der Waals surface area contributed by atoms with Gasteiger partial charge in [0.2, 0.25) is 0 Å². The van der Waals surface area contributed by atoms with E-state index < -0.39 is 0 Å². The fourth-order valence-corrected chi connectivity index (χ4v) is 2.99. The molecule has 0 fully saturated rings. The Morgan fingerprint density at radius 3 is 2.59 bits per heavy atom. The fourth-order valence-electron chi connectivity index (χ4n) is 1.59. The van der Waals surface area contributed by atoms with E-state index in [1.807, 2.05) is 7.05 Å². The maximum absolute atomic E-state index is 4.26. The molecule has 0 radical (unpaired) electrons. The molecule has 1 unspecified atom stereocenters. The first-order chi connectivity index (χ1) is 8.24. The van der Waals surface area contributed by atoms with Crippen molar-refractivity contribution in [1.82, 2.24) is 15.5 Å². The van der Waals surface area contributed by atoms with Gasteiger partial charge in [0, 0.05) is 9.13 Å². The van der Waals surface area contributed by atoms with Gasteiger partial charge >= 0.3 is 0 Å². The second kappa shape index (κ2) is 5.88. The number of hydrogen-bond donors (Lipinski definition) is 1. The van der Waals surface area contributed by atoms with E-state index in [1.54, 1.807) is 11.3 Å². The Bertz CT molecular complexity index is 477. The quantitative estimate of drug-likeness (QED) is 0.850. The molecule has 1 heterocycles. The van der Waals surface area contributed by atoms with Crippen molar-refractivity contribution in [3.05, 3.63) is 32.8 Å². The molecule has 5 heteroatoms. The van der Waals surface area contributed by atoms with Crippen LogP contribution in [0.5, 0.6) is 0 Å². The van der Waals surface area contributed by atoms with Crippen LogP contribution in [-0.2, 0) is 0 Å². The highest BCUT2D eigenvalue weighted by molar-refractivity contribution is 14.1. The van der Waals surface area contributed by atoms with Gasteiger partial charge in [-0.05, 0) is 48.2 Å². The van der Waals surface area contributed by atoms with Gasteiger partial charge in [0.15, 0.2) is 0 Å². The van der Waals surface area contributed by atoms with Gasteiger partial charge in [-0.15, -0.1) is 10.2 Å². The van der Waals surface area contributed by atoms with Crippen molar-refractivity contribution in [3.8, 4) is 10.6 Å². The lowest BCUT2D eigenvalue weighted by Gasteiger charge is -2.07. The minimum atomic E-state index is 0.310. The van der Waals surface area contributed by atoms with Crippen molar-refractivity contribution in [2.45, 2.75) is 19.4 Å². The molecule has 0 bridgehead atoms. The largest absolute Gasteiger partial charge is 0.311 e. The highest BCUT2D eigenvalue weighted by Gasteiger charge is 2.13. The molecular formula is C12H14IN3S. The average molecular weight is 359 g/mol. The summed E-state index contributed by atoms with van der Waals surface area (Å²) in [4.78, 5) is 0. The zero-order valence-electron chi connectivity index (χ0n) is 9.77. The summed E-state index contributed by atoms with van der Waals surface area (Å²) in [5, 5.41) is 13.8. The molecule has 2 aromatic rings. The first kappa shape index (κ1) is 12.9. The van der Waals surface area contributed by atoms with Crippen LogP contribution in [0.1, 0.15) is 24.4 Å². The van der Waals surface area contributed by atoms with Gasteiger partial charge in [0.25, 0.3) is 0 Å². The third-order valence-corrected chi connectivity index (χ3v) is 4.39. The van der Waals surface area contributed by atoms with Gasteiger partial charge in [-0.2, -0.15) is 0 Å². The summed E-state index contributed by atoms with van der Waals surface area (Å²) in [5.41, 5.74) is 1.14. The van der Waals surface area contributed by atoms with Crippen molar-refractivity contribution in [1.29, 1.82) is 0 Å². The van der Waals surface area contributed by atoms with Crippen molar-refractivity contribution < 1.29 is 0 Å². The standard InChI is InChI=1S/C12H14IN3S/c1-3-10(14-2)12-16-15-11(17-12)8-4-6-9(13)7-5-8/h4-7,10,14H,3H2,1-2H3. The zero-order valence-corrected chi connectivity index (χ0v) is 12.7. The van der Waals surface area contributed by atoms with Crippen LogP contribution in [0.2, 0.25) is 0 Å². The average Bonchev–Trinajstić information content (AvgIpc) is 2.81. The van der Waals surface area contributed by atoms with E-state index in [0.717, 1.165) is 22.0 Å². The Labute approximate surface area is 119 Å². The van der Waals surface area contributed by atoms with E-state index in [4.69, 9.17) is 0 Å². The third kappa shape index (κ3) is 3.02. The minimum absolute atomic E-state index is 0.310. The van der Waals surface area contributed by atoms with Gasteiger partial charge in [0.05, 0.1) is 6.04 Å². The lowest BCUT2D eigenvalue weighted by Crippen LogP contribution is -2.14. The molecule has 0 aliphatic rings. The summed E-state index contributed by atoms with van der Waals surface area (Å²) in [7, 11) is 1.96. The Kier molecular flexibility index (Phi) is 4.47. The molecule has 2 rings (SSSR count). The molecule has 1 aromatic carbocycles. The Hall–Kier alpha value is -0.530. The van der Waals surface area contributed by atoms with E-state index in [0.29, 0.717) is 6.04 Å². The molecule has 1 atom stereocenters. The predicted molar refractivity (Wildman–Crippen MR) is 80.2 cm³/mol. The summed E-state index contributed by atoms with van der Waals surface area (Å²) < 4.78 is 1.23. The Balaban J connectivity index is 2.26. The first-order valence-corrected chi connectivity index (χ1v) is 7.40. The number of nitrogens with one attached hydrogen (secondary N) is 1. The van der Waals surface area contributed by atoms with Crippen LogP contribution in [0.15, 0.2) is 24.3 Å². The topological polar surface area (TPSA) is 37.8 Å². The normalized spacial score (nSPS) is 12.6. The van der Waals surface area contributed by atoms with E-state index in [9.17, 15) is 0 Å². The molecule has 1 aromatic heterocycles. The number of aromatic nitrogens is 2. The monoisotopic (exact) mass is 359 g/mol. The van der Waals surface area contributed by atoms with Crippen molar-refractivity contribution in [3.63, 3.8) is 0 Å². The first-order valence-electron chi connectivity index (χ1n) is 5.51. The minimum Gasteiger partial charge on any atom is -0.311 e. The highest BCUT2D eigenvalue weighted by Crippen LogP contribution is 2.28. The molecule has 0 saturated carbocycles. The lowest BCUT2D eigenvalue weighted by atomic mass is 10.2. The summed E-state index contributed by atoms with van der Waals surface area (Å²) in [6, 6.07) is 8.67. The van der Waals surface area contributed by atoms with Crippen LogP contribution in [0.4, 0.5) is 0 Å². The molecule has 3 nitrogen and oxygen atoms in total. The lowest BCUT2D eigenvalue weighted by molar-refractivity contribution is 0.568. The molecule has 0 saturated heterocycles. The summed E-state index contributed by atoms with van der Waals surface area (Å²) in [5.74, 6) is 0. The van der Waals surface area contributed by atoms with E-state index >= 15 is 0 Å². The summed E-state index contributed by atoms with van der Waals surface area (Å²) in [6.45, 7) is 2.15. The van der Waals surface area contributed by atoms with Gasteiger partial charge in [-0.3, -0.25) is 0 Å². The molecule has 0 amide bonds. The smallest absolute Gasteiger partial charge is 0.147 e. The van der Waals surface area contributed by atoms with E-state index in [1.165, 1.54) is 3.57 Å². The van der Waals surface area contributed by atoms with E-state index in [-0.39, 0.29) is 0 Å². The Morgan fingerprint density at radius 2 is 2.00 bits per heavy atom. The number of halogens is 1. The van der Waals surface area contributed by atoms with Crippen LogP contribution in [0.3, 0.4) is 0 Å². The van der Waals surface area contributed by atoms with Crippen LogP contribution in [0, 0.1) is 3.57 Å². The fraction of sp³-hybridized carbons (Fsp3) is 0.333. The summed E-state index contributed by atoms with van der Waals surface area (Å²) >= 11 is 3.96. The van der Waals surface area contributed by atoms with Crippen molar-refractivity contribution in [2.24, 2.45) is 0 Å². The predicted octanol–water partition coefficient (Wildman–Crippen LogP) is 3.48. The zero-order chi connectivity index (χ0) is 12.3. The molecule has 90 valence electrons. The van der Waals surface area contributed by atoms with Crippen LogP contribution < -0.4 is 5.32 Å². The second-order valence-electron chi connectivity index (χ2n) is 3.70. The maximum Gasteiger partial charge on any atom is 0.147 e. The highest BCUT2D eigenvalue weighted by atomic mass is 127. The molecule has 17 heavy (non-hydrogen) atoms. The van der Waals surface area contributed by atoms with Crippen LogP contribution in [0.25, 0.3) is 10.6 Å². The van der Waals surface area contributed by atoms with Gasteiger partial charge in [0.1, 0.15) is 10.0 Å². The molecule has 1 N–H and O–H groups in total. The van der Waals surface area contributed by atoms with Gasteiger partial charge < -0.3 is 5.32 Å². The molecular weight excluding hydrogens is 345 g/mol. The SMILES string of the molecule is CCC(NC)c1nnc(-c2ccc(I)cc2)s1. The summed E-state index contributed by atoms with van der Waals surface area (Å²) in [6.07, 6.45) is 1.03. The second-order valence-corrected chi connectivity index (χ2v) is 5.96. The number of hydrogen-bond acceptors (Lipinski definition) is 4. The van der Waals surface area contributed by atoms with Crippen molar-refractivity contribution >= 4 is 33.9 Å². The number of benzene rings is 1. The maximum atomic E-state index is 4.26. The van der Waals surface area contributed by atoms with Crippen LogP contribution in [-0.4, -0.2) is 17.2 Å². The van der Waals surface area contributed by atoms with Crippen LogP contribution >= 0.6 is 33.9 Å². The molecule has 0 aliphatic carbocycles. The van der Waals surface area contributed by atoms with Gasteiger partial charge in [-0.1, -0.05) is 30.4 Å². The van der Waals surface area contributed by atoms with Crippen molar-refractivity contribution in [2.75, 3.05) is 7.05 Å². The third-order valence-electron chi connectivity index (χ3n) is 2.59. The molecule has 0 aliphatic heterocycles. The number of nitrogens with zero attached hydrogens (tertiary/aromatic N) is 2. The van der Waals surface area contributed by atoms with E-state index in [2.05, 4.69) is 69.3 Å². The Morgan fingerprint density at radius 1 is 1.29 bits per heavy atom. The van der Waals surface area contributed by atoms with Gasteiger partial charge in [-0.25, -0.2) is 0 Å². The molecule has 0 spiro atoms.